The number of imidazole rings is 1. The molecule has 5 rings (SSSR count). The van der Waals surface area contributed by atoms with Gasteiger partial charge in [0.25, 0.3) is 5.56 Å². The Morgan fingerprint density at radius 1 is 0.947 bits per heavy atom. The molecule has 12 heteroatoms. The zero-order valence-corrected chi connectivity index (χ0v) is 22.3. The SMILES string of the molecule is Cn1c(=O)c2c(nc(NCCN3CCOCC3)n2CC(O)CN2CCN(c3ccccc3)CC2)n(C)c1=O. The van der Waals surface area contributed by atoms with Crippen LogP contribution in [0.2, 0.25) is 0 Å². The second kappa shape index (κ2) is 11.7. The molecule has 0 amide bonds. The Morgan fingerprint density at radius 3 is 2.37 bits per heavy atom. The minimum Gasteiger partial charge on any atom is -0.390 e. The van der Waals surface area contributed by atoms with Crippen molar-refractivity contribution in [2.45, 2.75) is 12.6 Å². The molecule has 1 unspecified atom stereocenters. The van der Waals surface area contributed by atoms with Crippen LogP contribution in [0.3, 0.4) is 0 Å². The third kappa shape index (κ3) is 5.63. The number of aryl methyl sites for hydroxylation is 1. The molecule has 2 fully saturated rings. The van der Waals surface area contributed by atoms with Crippen molar-refractivity contribution in [2.24, 2.45) is 14.1 Å². The number of hydrogen-bond acceptors (Lipinski definition) is 9. The van der Waals surface area contributed by atoms with E-state index in [4.69, 9.17) is 4.74 Å². The summed E-state index contributed by atoms with van der Waals surface area (Å²) in [5, 5.41) is 14.5. The molecule has 2 aliphatic heterocycles. The van der Waals surface area contributed by atoms with Gasteiger partial charge in [0.2, 0.25) is 5.95 Å². The van der Waals surface area contributed by atoms with E-state index in [9.17, 15) is 14.7 Å². The Labute approximate surface area is 221 Å². The average Bonchev–Trinajstić information content (AvgIpc) is 3.30. The molecule has 3 aromatic rings. The van der Waals surface area contributed by atoms with Gasteiger partial charge in [-0.05, 0) is 12.1 Å². The maximum absolute atomic E-state index is 13.1. The van der Waals surface area contributed by atoms with Crippen LogP contribution in [0.15, 0.2) is 39.9 Å². The average molecular weight is 527 g/mol. The van der Waals surface area contributed by atoms with Crippen molar-refractivity contribution in [2.75, 3.05) is 82.3 Å². The summed E-state index contributed by atoms with van der Waals surface area (Å²) in [5.74, 6) is 0.486. The highest BCUT2D eigenvalue weighted by atomic mass is 16.5. The van der Waals surface area contributed by atoms with E-state index in [1.165, 1.54) is 17.3 Å². The molecule has 12 nitrogen and oxygen atoms in total. The third-order valence-electron chi connectivity index (χ3n) is 7.52. The van der Waals surface area contributed by atoms with Crippen LogP contribution >= 0.6 is 0 Å². The van der Waals surface area contributed by atoms with Gasteiger partial charge in [-0.15, -0.1) is 0 Å². The summed E-state index contributed by atoms with van der Waals surface area (Å²) in [4.78, 5) is 37.2. The molecular formula is C26H38N8O4. The normalized spacial score (nSPS) is 18.2. The number of ether oxygens (including phenoxy) is 1. The second-order valence-corrected chi connectivity index (χ2v) is 10.1. The van der Waals surface area contributed by atoms with Gasteiger partial charge in [0.15, 0.2) is 11.2 Å². The Balaban J connectivity index is 1.30. The summed E-state index contributed by atoms with van der Waals surface area (Å²) in [6.45, 7) is 8.79. The number of nitrogens with zero attached hydrogens (tertiary/aromatic N) is 7. The van der Waals surface area contributed by atoms with Crippen LogP contribution in [0, 0.1) is 0 Å². The minimum atomic E-state index is -0.711. The van der Waals surface area contributed by atoms with Crippen molar-refractivity contribution in [1.29, 1.82) is 0 Å². The molecule has 0 spiro atoms. The van der Waals surface area contributed by atoms with Crippen molar-refractivity contribution >= 4 is 22.8 Å². The van der Waals surface area contributed by atoms with Gasteiger partial charge in [0, 0.05) is 78.7 Å². The molecule has 0 radical (unpaired) electrons. The number of aliphatic hydroxyl groups is 1. The van der Waals surface area contributed by atoms with E-state index in [0.717, 1.165) is 63.6 Å². The molecule has 0 aliphatic carbocycles. The Kier molecular flexibility index (Phi) is 8.12. The number of benzene rings is 1. The van der Waals surface area contributed by atoms with Gasteiger partial charge < -0.3 is 24.6 Å². The highest BCUT2D eigenvalue weighted by molar-refractivity contribution is 5.74. The van der Waals surface area contributed by atoms with E-state index < -0.39 is 17.4 Å². The quantitative estimate of drug-likeness (QED) is 0.376. The van der Waals surface area contributed by atoms with Crippen LogP contribution in [0.5, 0.6) is 0 Å². The molecule has 206 valence electrons. The Morgan fingerprint density at radius 2 is 1.66 bits per heavy atom. The molecule has 2 aliphatic rings. The van der Waals surface area contributed by atoms with E-state index in [2.05, 4.69) is 37.1 Å². The first kappa shape index (κ1) is 26.4. The molecule has 1 aromatic carbocycles. The van der Waals surface area contributed by atoms with E-state index in [0.29, 0.717) is 30.2 Å². The highest BCUT2D eigenvalue weighted by Crippen LogP contribution is 2.18. The van der Waals surface area contributed by atoms with Crippen LogP contribution < -0.4 is 21.5 Å². The van der Waals surface area contributed by atoms with Gasteiger partial charge >= 0.3 is 5.69 Å². The maximum atomic E-state index is 13.1. The standard InChI is InChI=1S/C26H38N8O4/c1-29-23-22(24(36)30(2)26(29)37)34(25(28-23)27-8-9-31-14-16-38-17-15-31)19-21(35)18-32-10-12-33(13-11-32)20-6-4-3-5-7-20/h3-7,21,35H,8-19H2,1-2H3,(H,27,28). The maximum Gasteiger partial charge on any atom is 0.332 e. The number of para-hydroxylation sites is 1. The zero-order valence-electron chi connectivity index (χ0n) is 22.3. The summed E-state index contributed by atoms with van der Waals surface area (Å²) >= 11 is 0. The van der Waals surface area contributed by atoms with Gasteiger partial charge in [0.1, 0.15) is 0 Å². The first-order valence-electron chi connectivity index (χ1n) is 13.3. The lowest BCUT2D eigenvalue weighted by molar-refractivity contribution is 0.0398. The number of nitrogens with one attached hydrogen (secondary N) is 1. The smallest absolute Gasteiger partial charge is 0.332 e. The number of morpholine rings is 1. The summed E-state index contributed by atoms with van der Waals surface area (Å²) < 4.78 is 9.64. The Hall–Kier alpha value is -3.19. The fraction of sp³-hybridized carbons (Fsp3) is 0.577. The minimum absolute atomic E-state index is 0.197. The molecule has 0 saturated carbocycles. The fourth-order valence-corrected chi connectivity index (χ4v) is 5.30. The summed E-state index contributed by atoms with van der Waals surface area (Å²) in [7, 11) is 3.08. The number of anilines is 2. The van der Waals surface area contributed by atoms with Crippen molar-refractivity contribution in [3.63, 3.8) is 0 Å². The highest BCUT2D eigenvalue weighted by Gasteiger charge is 2.24. The van der Waals surface area contributed by atoms with Gasteiger partial charge in [-0.1, -0.05) is 18.2 Å². The molecule has 2 N–H and O–H groups in total. The Bertz CT molecular complexity index is 1340. The first-order valence-corrected chi connectivity index (χ1v) is 13.3. The van der Waals surface area contributed by atoms with E-state index in [-0.39, 0.29) is 6.54 Å². The van der Waals surface area contributed by atoms with Gasteiger partial charge in [-0.2, -0.15) is 4.98 Å². The molecule has 1 atom stereocenters. The number of aromatic nitrogens is 4. The zero-order chi connectivity index (χ0) is 26.6. The number of piperazine rings is 1. The largest absolute Gasteiger partial charge is 0.390 e. The molecule has 38 heavy (non-hydrogen) atoms. The van der Waals surface area contributed by atoms with E-state index >= 15 is 0 Å². The van der Waals surface area contributed by atoms with Gasteiger partial charge in [0.05, 0.1) is 25.9 Å². The molecular weight excluding hydrogens is 488 g/mol. The van der Waals surface area contributed by atoms with E-state index in [1.54, 1.807) is 11.6 Å². The summed E-state index contributed by atoms with van der Waals surface area (Å²) in [6.07, 6.45) is -0.711. The number of hydrogen-bond donors (Lipinski definition) is 2. The monoisotopic (exact) mass is 526 g/mol. The second-order valence-electron chi connectivity index (χ2n) is 10.1. The lowest BCUT2D eigenvalue weighted by Crippen LogP contribution is -2.49. The number of rotatable bonds is 9. The number of β-amino-alcohol motifs (C(OH)–C–C–N with tert-alkyl or cyclic N) is 1. The van der Waals surface area contributed by atoms with Crippen molar-refractivity contribution < 1.29 is 9.84 Å². The van der Waals surface area contributed by atoms with Gasteiger partial charge in [-0.25, -0.2) is 4.79 Å². The molecule has 2 aromatic heterocycles. The molecule has 0 bridgehead atoms. The van der Waals surface area contributed by atoms with Crippen LogP contribution in [0.1, 0.15) is 0 Å². The third-order valence-corrected chi connectivity index (χ3v) is 7.52. The summed E-state index contributed by atoms with van der Waals surface area (Å²) in [5.41, 5.74) is 1.00. The van der Waals surface area contributed by atoms with Crippen molar-refractivity contribution in [3.8, 4) is 0 Å². The van der Waals surface area contributed by atoms with Crippen molar-refractivity contribution in [1.82, 2.24) is 28.5 Å². The van der Waals surface area contributed by atoms with E-state index in [1.807, 2.05) is 18.2 Å². The first-order chi connectivity index (χ1) is 18.4. The predicted octanol–water partition coefficient (Wildman–Crippen LogP) is -0.639. The fourth-order valence-electron chi connectivity index (χ4n) is 5.30. The predicted molar refractivity (Wildman–Crippen MR) is 147 cm³/mol. The van der Waals surface area contributed by atoms with Crippen LogP contribution in [0.4, 0.5) is 11.6 Å². The molecule has 4 heterocycles. The van der Waals surface area contributed by atoms with Crippen LogP contribution in [-0.4, -0.2) is 112 Å². The summed E-state index contributed by atoms with van der Waals surface area (Å²) in [6, 6.07) is 10.4. The molecule has 2 saturated heterocycles. The van der Waals surface area contributed by atoms with Crippen LogP contribution in [-0.2, 0) is 25.4 Å². The lowest BCUT2D eigenvalue weighted by Gasteiger charge is -2.37. The van der Waals surface area contributed by atoms with Crippen molar-refractivity contribution in [3.05, 3.63) is 51.2 Å². The topological polar surface area (TPSA) is 113 Å². The number of aliphatic hydroxyl groups excluding tert-OH is 1. The van der Waals surface area contributed by atoms with Crippen LogP contribution in [0.25, 0.3) is 11.2 Å². The van der Waals surface area contributed by atoms with Gasteiger partial charge in [-0.3, -0.25) is 23.7 Å². The lowest BCUT2D eigenvalue weighted by atomic mass is 10.2. The number of fused-ring (bicyclic) bond motifs is 1.